The normalized spacial score (nSPS) is 11.9. The molecule has 58 heavy (non-hydrogen) atoms. The molecule has 12 aromatic rings. The number of fused-ring (bicyclic) bond motifs is 9. The second-order valence-corrected chi connectivity index (χ2v) is 16.0. The summed E-state index contributed by atoms with van der Waals surface area (Å²) in [5.74, 6) is 0. The van der Waals surface area contributed by atoms with Crippen LogP contribution in [0.1, 0.15) is 0 Å². The van der Waals surface area contributed by atoms with Gasteiger partial charge in [-0.05, 0) is 130 Å². The lowest BCUT2D eigenvalue weighted by molar-refractivity contribution is 0.668. The molecule has 3 heterocycles. The molecule has 0 fully saturated rings. The lowest BCUT2D eigenvalue weighted by atomic mass is 9.92. The fourth-order valence-corrected chi connectivity index (χ4v) is 9.49. The molecule has 4 heteroatoms. The van der Waals surface area contributed by atoms with Crippen LogP contribution in [0.3, 0.4) is 0 Å². The van der Waals surface area contributed by atoms with Gasteiger partial charge in [0, 0.05) is 54.2 Å². The zero-order chi connectivity index (χ0) is 38.3. The maximum absolute atomic E-state index is 6.34. The topological polar surface area (TPSA) is 23.0 Å². The molecule has 0 saturated heterocycles. The third kappa shape index (κ3) is 5.19. The molecule has 0 unspecified atom stereocenters. The molecule has 0 radical (unpaired) electrons. The number of rotatable bonds is 5. The van der Waals surface area contributed by atoms with E-state index in [4.69, 9.17) is 4.42 Å². The van der Waals surface area contributed by atoms with E-state index in [1.807, 2.05) is 12.1 Å². The van der Waals surface area contributed by atoms with Crippen LogP contribution in [0.25, 0.3) is 110 Å². The average Bonchev–Trinajstić information content (AvgIpc) is 3.93. The second-order valence-electron chi connectivity index (χ2n) is 15.1. The molecular weight excluding hydrogens is 773 g/mol. The van der Waals surface area contributed by atoms with Gasteiger partial charge in [-0.1, -0.05) is 113 Å². The Morgan fingerprint density at radius 1 is 0.293 bits per heavy atom. The van der Waals surface area contributed by atoms with E-state index in [9.17, 15) is 0 Å². The van der Waals surface area contributed by atoms with Crippen LogP contribution in [0.5, 0.6) is 0 Å². The number of halogens is 1. The Morgan fingerprint density at radius 2 is 0.810 bits per heavy atom. The summed E-state index contributed by atoms with van der Waals surface area (Å²) in [5, 5.41) is 7.17. The van der Waals surface area contributed by atoms with Gasteiger partial charge in [-0.15, -0.1) is 0 Å². The van der Waals surface area contributed by atoms with E-state index in [1.54, 1.807) is 0 Å². The predicted molar refractivity (Wildman–Crippen MR) is 246 cm³/mol. The molecule has 0 bridgehead atoms. The van der Waals surface area contributed by atoms with Crippen molar-refractivity contribution in [1.29, 1.82) is 0 Å². The van der Waals surface area contributed by atoms with Gasteiger partial charge in [-0.25, -0.2) is 0 Å². The van der Waals surface area contributed by atoms with Crippen LogP contribution >= 0.6 is 15.9 Å². The molecule has 0 atom stereocenters. The third-order valence-corrected chi connectivity index (χ3v) is 12.2. The Morgan fingerprint density at radius 3 is 1.45 bits per heavy atom. The molecule has 0 amide bonds. The minimum atomic E-state index is 0.890. The van der Waals surface area contributed by atoms with Crippen LogP contribution in [0, 0.1) is 0 Å². The Hall–Kier alpha value is -7.14. The number of hydrogen-bond acceptors (Lipinski definition) is 1. The zero-order valence-corrected chi connectivity index (χ0v) is 32.8. The maximum Gasteiger partial charge on any atom is 0.137 e. The Bertz CT molecular complexity index is 3590. The molecule has 0 aliphatic heterocycles. The van der Waals surface area contributed by atoms with Gasteiger partial charge >= 0.3 is 0 Å². The van der Waals surface area contributed by atoms with Gasteiger partial charge in [0.25, 0.3) is 0 Å². The number of hydrogen-bond donors (Lipinski definition) is 0. The maximum atomic E-state index is 6.34. The number of benzene rings is 9. The van der Waals surface area contributed by atoms with Crippen molar-refractivity contribution in [1.82, 2.24) is 9.13 Å². The Balaban J connectivity index is 1.04. The van der Waals surface area contributed by atoms with Gasteiger partial charge in [-0.3, -0.25) is 0 Å². The van der Waals surface area contributed by atoms with Crippen LogP contribution in [-0.2, 0) is 0 Å². The van der Waals surface area contributed by atoms with Crippen LogP contribution < -0.4 is 0 Å². The lowest BCUT2D eigenvalue weighted by Gasteiger charge is -2.13. The summed E-state index contributed by atoms with van der Waals surface area (Å²) in [7, 11) is 0. The van der Waals surface area contributed by atoms with Crippen LogP contribution in [0.4, 0.5) is 0 Å². The zero-order valence-electron chi connectivity index (χ0n) is 31.2. The molecular formula is C54H33BrN2O. The molecule has 12 rings (SSSR count). The number of aromatic nitrogens is 2. The predicted octanol–water partition coefficient (Wildman–Crippen LogP) is 15.5. The van der Waals surface area contributed by atoms with Gasteiger partial charge in [0.05, 0.1) is 22.1 Å². The largest absolute Gasteiger partial charge is 0.456 e. The standard InChI is InChI=1S/C54H33BrN2O/c55-40-12-10-11-34(30-40)37-27-38(35-21-25-51-47(31-35)43-15-4-7-18-49(43)56(51)41-13-2-1-3-14-41)29-39(28-37)36-22-26-52-48(32-36)44-16-5-8-19-50(44)57(52)42-23-24-46-45-17-6-9-20-53(45)58-54(46)33-42/h1-33H. The van der Waals surface area contributed by atoms with Gasteiger partial charge in [-0.2, -0.15) is 0 Å². The molecule has 0 spiro atoms. The smallest absolute Gasteiger partial charge is 0.137 e. The minimum absolute atomic E-state index is 0.890. The monoisotopic (exact) mass is 804 g/mol. The van der Waals surface area contributed by atoms with E-state index < -0.39 is 0 Å². The highest BCUT2D eigenvalue weighted by atomic mass is 79.9. The van der Waals surface area contributed by atoms with Crippen molar-refractivity contribution in [3.8, 4) is 44.8 Å². The van der Waals surface area contributed by atoms with Crippen LogP contribution in [-0.4, -0.2) is 9.13 Å². The molecule has 272 valence electrons. The number of furan rings is 1. The summed E-state index contributed by atoms with van der Waals surface area (Å²) in [6, 6.07) is 72.4. The number of para-hydroxylation sites is 4. The minimum Gasteiger partial charge on any atom is -0.456 e. The molecule has 0 saturated carbocycles. The van der Waals surface area contributed by atoms with E-state index in [0.29, 0.717) is 0 Å². The molecule has 3 aromatic heterocycles. The number of nitrogens with zero attached hydrogens (tertiary/aromatic N) is 2. The summed E-state index contributed by atoms with van der Waals surface area (Å²) in [6.07, 6.45) is 0. The van der Waals surface area contributed by atoms with E-state index in [0.717, 1.165) is 54.4 Å². The van der Waals surface area contributed by atoms with Crippen molar-refractivity contribution in [3.05, 3.63) is 205 Å². The van der Waals surface area contributed by atoms with Gasteiger partial charge in [0.2, 0.25) is 0 Å². The van der Waals surface area contributed by atoms with Gasteiger partial charge < -0.3 is 13.6 Å². The fraction of sp³-hybridized carbons (Fsp3) is 0. The molecule has 9 aromatic carbocycles. The first-order chi connectivity index (χ1) is 28.6. The highest BCUT2D eigenvalue weighted by molar-refractivity contribution is 9.10. The Kier molecular flexibility index (Phi) is 7.38. The second kappa shape index (κ2) is 13.0. The van der Waals surface area contributed by atoms with Crippen molar-refractivity contribution in [3.63, 3.8) is 0 Å². The summed E-state index contributed by atoms with van der Waals surface area (Å²) in [6.45, 7) is 0. The summed E-state index contributed by atoms with van der Waals surface area (Å²) in [5.41, 5.74) is 15.8. The van der Waals surface area contributed by atoms with Crippen molar-refractivity contribution in [2.24, 2.45) is 0 Å². The van der Waals surface area contributed by atoms with E-state index in [2.05, 4.69) is 213 Å². The van der Waals surface area contributed by atoms with Gasteiger partial charge in [0.15, 0.2) is 0 Å². The summed E-state index contributed by atoms with van der Waals surface area (Å²) < 4.78 is 12.1. The lowest BCUT2D eigenvalue weighted by Crippen LogP contribution is -1.93. The highest BCUT2D eigenvalue weighted by Crippen LogP contribution is 2.41. The SMILES string of the molecule is Brc1cccc(-c2cc(-c3ccc4c(c3)c3ccccc3n4-c3ccccc3)cc(-c3ccc4c(c3)c3ccccc3n4-c3ccc4c(c3)oc3ccccc34)c2)c1. The van der Waals surface area contributed by atoms with Crippen molar-refractivity contribution in [2.75, 3.05) is 0 Å². The van der Waals surface area contributed by atoms with E-state index in [1.165, 1.54) is 60.4 Å². The van der Waals surface area contributed by atoms with Crippen molar-refractivity contribution >= 4 is 81.5 Å². The first kappa shape index (κ1) is 33.0. The summed E-state index contributed by atoms with van der Waals surface area (Å²) in [4.78, 5) is 0. The first-order valence-corrected chi connectivity index (χ1v) is 20.4. The van der Waals surface area contributed by atoms with E-state index in [-0.39, 0.29) is 0 Å². The molecule has 0 aliphatic rings. The fourth-order valence-electron chi connectivity index (χ4n) is 9.09. The first-order valence-electron chi connectivity index (χ1n) is 19.6. The quantitative estimate of drug-likeness (QED) is 0.170. The molecule has 0 aliphatic carbocycles. The highest BCUT2D eigenvalue weighted by Gasteiger charge is 2.18. The van der Waals surface area contributed by atoms with Crippen LogP contribution in [0.2, 0.25) is 0 Å². The summed E-state index contributed by atoms with van der Waals surface area (Å²) >= 11 is 3.74. The molecule has 0 N–H and O–H groups in total. The average molecular weight is 806 g/mol. The van der Waals surface area contributed by atoms with Crippen molar-refractivity contribution in [2.45, 2.75) is 0 Å². The van der Waals surface area contributed by atoms with Crippen LogP contribution in [0.15, 0.2) is 209 Å². The Labute approximate surface area is 342 Å². The van der Waals surface area contributed by atoms with Gasteiger partial charge in [0.1, 0.15) is 11.2 Å². The molecule has 3 nitrogen and oxygen atoms in total. The van der Waals surface area contributed by atoms with E-state index >= 15 is 0 Å². The third-order valence-electron chi connectivity index (χ3n) is 11.7. The van der Waals surface area contributed by atoms with Crippen molar-refractivity contribution < 1.29 is 4.42 Å².